The molecule has 0 aliphatic carbocycles. The molecular formula is C17H20N4O4. The van der Waals surface area contributed by atoms with Gasteiger partial charge in [0.05, 0.1) is 24.6 Å². The van der Waals surface area contributed by atoms with Gasteiger partial charge in [0.2, 0.25) is 0 Å². The SMILES string of the molecule is CCCNC(=O)c1c(NC(=O)c2ccc(C(=O)OC)cc2)cnn1C. The summed E-state index contributed by atoms with van der Waals surface area (Å²) in [4.78, 5) is 36.0. The smallest absolute Gasteiger partial charge is 0.337 e. The quantitative estimate of drug-likeness (QED) is 0.775. The molecule has 2 amide bonds. The third kappa shape index (κ3) is 4.23. The lowest BCUT2D eigenvalue weighted by atomic mass is 10.1. The number of ether oxygens (including phenoxy) is 1. The van der Waals surface area contributed by atoms with Gasteiger partial charge in [-0.2, -0.15) is 5.10 Å². The van der Waals surface area contributed by atoms with Gasteiger partial charge in [-0.25, -0.2) is 4.79 Å². The second-order valence-corrected chi connectivity index (χ2v) is 5.31. The van der Waals surface area contributed by atoms with E-state index >= 15 is 0 Å². The fraction of sp³-hybridized carbons (Fsp3) is 0.294. The summed E-state index contributed by atoms with van der Waals surface area (Å²) in [5, 5.41) is 9.44. The molecule has 8 nitrogen and oxygen atoms in total. The molecule has 0 atom stereocenters. The van der Waals surface area contributed by atoms with Gasteiger partial charge in [0.25, 0.3) is 11.8 Å². The second-order valence-electron chi connectivity index (χ2n) is 5.31. The van der Waals surface area contributed by atoms with Crippen LogP contribution in [0.15, 0.2) is 30.5 Å². The molecule has 0 saturated carbocycles. The first kappa shape index (κ1) is 18.2. The van der Waals surface area contributed by atoms with Gasteiger partial charge in [-0.05, 0) is 30.7 Å². The molecule has 0 unspecified atom stereocenters. The van der Waals surface area contributed by atoms with Crippen molar-refractivity contribution in [2.45, 2.75) is 13.3 Å². The Morgan fingerprint density at radius 2 is 1.76 bits per heavy atom. The van der Waals surface area contributed by atoms with Crippen LogP contribution in [0, 0.1) is 0 Å². The Morgan fingerprint density at radius 1 is 1.12 bits per heavy atom. The van der Waals surface area contributed by atoms with E-state index in [1.165, 1.54) is 42.3 Å². The van der Waals surface area contributed by atoms with Gasteiger partial charge in [-0.15, -0.1) is 0 Å². The number of nitrogens with zero attached hydrogens (tertiary/aromatic N) is 2. The number of benzene rings is 1. The van der Waals surface area contributed by atoms with Gasteiger partial charge in [-0.3, -0.25) is 14.3 Å². The molecular weight excluding hydrogens is 324 g/mol. The van der Waals surface area contributed by atoms with E-state index in [4.69, 9.17) is 0 Å². The van der Waals surface area contributed by atoms with E-state index in [0.29, 0.717) is 23.4 Å². The molecule has 0 fully saturated rings. The minimum atomic E-state index is -0.478. The molecule has 132 valence electrons. The summed E-state index contributed by atoms with van der Waals surface area (Å²) in [5.74, 6) is -1.19. The Labute approximate surface area is 145 Å². The number of anilines is 1. The molecule has 0 bridgehead atoms. The largest absolute Gasteiger partial charge is 0.465 e. The number of amides is 2. The molecule has 2 N–H and O–H groups in total. The summed E-state index contributed by atoms with van der Waals surface area (Å²) in [5.41, 5.74) is 1.28. The highest BCUT2D eigenvalue weighted by atomic mass is 16.5. The van der Waals surface area contributed by atoms with Gasteiger partial charge in [0.1, 0.15) is 5.69 Å². The van der Waals surface area contributed by atoms with Crippen molar-refractivity contribution in [2.75, 3.05) is 19.0 Å². The monoisotopic (exact) mass is 344 g/mol. The molecule has 0 radical (unpaired) electrons. The molecule has 1 aromatic carbocycles. The number of aryl methyl sites for hydroxylation is 1. The van der Waals surface area contributed by atoms with Crippen LogP contribution in [-0.4, -0.2) is 41.2 Å². The standard InChI is InChI=1S/C17H20N4O4/c1-4-9-18-16(23)14-13(10-19-21(14)2)20-15(22)11-5-7-12(8-6-11)17(24)25-3/h5-8,10H,4,9H2,1-3H3,(H,18,23)(H,20,22). The summed E-state index contributed by atoms with van der Waals surface area (Å²) in [7, 11) is 2.91. The topological polar surface area (TPSA) is 102 Å². The number of hydrogen-bond acceptors (Lipinski definition) is 5. The molecule has 2 rings (SSSR count). The number of rotatable bonds is 6. The van der Waals surface area contributed by atoms with Crippen LogP contribution in [-0.2, 0) is 11.8 Å². The average molecular weight is 344 g/mol. The third-order valence-electron chi connectivity index (χ3n) is 3.51. The number of esters is 1. The minimum Gasteiger partial charge on any atom is -0.465 e. The van der Waals surface area contributed by atoms with Crippen molar-refractivity contribution in [3.8, 4) is 0 Å². The zero-order valence-corrected chi connectivity index (χ0v) is 14.3. The minimum absolute atomic E-state index is 0.271. The van der Waals surface area contributed by atoms with Crippen molar-refractivity contribution in [3.05, 3.63) is 47.3 Å². The highest BCUT2D eigenvalue weighted by molar-refractivity contribution is 6.08. The summed E-state index contributed by atoms with van der Waals surface area (Å²) >= 11 is 0. The fourth-order valence-corrected chi connectivity index (χ4v) is 2.19. The van der Waals surface area contributed by atoms with Crippen LogP contribution in [0.2, 0.25) is 0 Å². The lowest BCUT2D eigenvalue weighted by Gasteiger charge is -2.08. The summed E-state index contributed by atoms with van der Waals surface area (Å²) in [6.07, 6.45) is 2.22. The van der Waals surface area contributed by atoms with Crippen LogP contribution in [0.3, 0.4) is 0 Å². The lowest BCUT2D eigenvalue weighted by molar-refractivity contribution is 0.0600. The van der Waals surface area contributed by atoms with Gasteiger partial charge in [0, 0.05) is 19.2 Å². The highest BCUT2D eigenvalue weighted by Gasteiger charge is 2.19. The predicted octanol–water partition coefficient (Wildman–Crippen LogP) is 1.60. The van der Waals surface area contributed by atoms with Crippen LogP contribution < -0.4 is 10.6 Å². The van der Waals surface area contributed by atoms with Crippen molar-refractivity contribution in [3.63, 3.8) is 0 Å². The van der Waals surface area contributed by atoms with E-state index in [-0.39, 0.29) is 11.6 Å². The van der Waals surface area contributed by atoms with E-state index in [0.717, 1.165) is 6.42 Å². The Morgan fingerprint density at radius 3 is 2.36 bits per heavy atom. The van der Waals surface area contributed by atoms with Crippen LogP contribution >= 0.6 is 0 Å². The highest BCUT2D eigenvalue weighted by Crippen LogP contribution is 2.16. The number of carbonyl (C=O) groups is 3. The zero-order chi connectivity index (χ0) is 18.4. The second kappa shape index (κ2) is 8.09. The molecule has 8 heteroatoms. The van der Waals surface area contributed by atoms with Crippen LogP contribution in [0.25, 0.3) is 0 Å². The predicted molar refractivity (Wildman–Crippen MR) is 91.6 cm³/mol. The molecule has 0 aliphatic heterocycles. The fourth-order valence-electron chi connectivity index (χ4n) is 2.19. The molecule has 0 saturated heterocycles. The van der Waals surface area contributed by atoms with E-state index in [1.54, 1.807) is 7.05 Å². The maximum Gasteiger partial charge on any atom is 0.337 e. The molecule has 25 heavy (non-hydrogen) atoms. The Bertz CT molecular complexity index is 780. The van der Waals surface area contributed by atoms with Crippen molar-refractivity contribution < 1.29 is 19.1 Å². The Balaban J connectivity index is 2.15. The summed E-state index contributed by atoms with van der Waals surface area (Å²) < 4.78 is 6.02. The number of aromatic nitrogens is 2. The van der Waals surface area contributed by atoms with E-state index in [9.17, 15) is 14.4 Å². The summed E-state index contributed by atoms with van der Waals surface area (Å²) in [6.45, 7) is 2.48. The number of nitrogens with one attached hydrogen (secondary N) is 2. The van der Waals surface area contributed by atoms with Crippen LogP contribution in [0.5, 0.6) is 0 Å². The summed E-state index contributed by atoms with van der Waals surface area (Å²) in [6, 6.07) is 6.02. The number of methoxy groups -OCH3 is 1. The van der Waals surface area contributed by atoms with Crippen LogP contribution in [0.1, 0.15) is 44.5 Å². The molecule has 1 heterocycles. The molecule has 0 aliphatic rings. The first-order valence-electron chi connectivity index (χ1n) is 7.77. The first-order chi connectivity index (χ1) is 12.0. The van der Waals surface area contributed by atoms with E-state index < -0.39 is 11.9 Å². The molecule has 0 spiro atoms. The average Bonchev–Trinajstić information content (AvgIpc) is 2.99. The maximum atomic E-state index is 12.4. The Kier molecular flexibility index (Phi) is 5.89. The van der Waals surface area contributed by atoms with Crippen molar-refractivity contribution >= 4 is 23.5 Å². The maximum absolute atomic E-state index is 12.4. The third-order valence-corrected chi connectivity index (χ3v) is 3.51. The van der Waals surface area contributed by atoms with E-state index in [1.807, 2.05) is 6.92 Å². The van der Waals surface area contributed by atoms with Crippen molar-refractivity contribution in [1.29, 1.82) is 0 Å². The zero-order valence-electron chi connectivity index (χ0n) is 14.3. The van der Waals surface area contributed by atoms with Gasteiger partial charge in [0.15, 0.2) is 0 Å². The normalized spacial score (nSPS) is 10.2. The van der Waals surface area contributed by atoms with Crippen molar-refractivity contribution in [2.24, 2.45) is 7.05 Å². The van der Waals surface area contributed by atoms with E-state index in [2.05, 4.69) is 20.5 Å². The lowest BCUT2D eigenvalue weighted by Crippen LogP contribution is -2.27. The molecule has 2 aromatic rings. The van der Waals surface area contributed by atoms with Gasteiger partial charge in [-0.1, -0.05) is 6.92 Å². The van der Waals surface area contributed by atoms with Gasteiger partial charge >= 0.3 is 5.97 Å². The Hall–Kier alpha value is -3.16. The van der Waals surface area contributed by atoms with Crippen LogP contribution in [0.4, 0.5) is 5.69 Å². The van der Waals surface area contributed by atoms with Gasteiger partial charge < -0.3 is 15.4 Å². The number of carbonyl (C=O) groups excluding carboxylic acids is 3. The first-order valence-corrected chi connectivity index (χ1v) is 7.77. The number of hydrogen-bond donors (Lipinski definition) is 2. The van der Waals surface area contributed by atoms with Crippen molar-refractivity contribution in [1.82, 2.24) is 15.1 Å². The molecule has 1 aromatic heterocycles.